The molecule has 0 aliphatic heterocycles. The van der Waals surface area contributed by atoms with E-state index in [-0.39, 0.29) is 5.56 Å². The number of aromatic amines is 1. The van der Waals surface area contributed by atoms with Gasteiger partial charge >= 0.3 is 5.69 Å². The quantitative estimate of drug-likeness (QED) is 0.857. The van der Waals surface area contributed by atoms with Crippen molar-refractivity contribution in [1.82, 2.24) is 9.55 Å². The molecule has 0 saturated carbocycles. The molecule has 0 atom stereocenters. The molecule has 2 rings (SSSR count). The smallest absolute Gasteiger partial charge is 0.313 e. The molecule has 1 aromatic carbocycles. The Bertz CT molecular complexity index is 774. The van der Waals surface area contributed by atoms with Gasteiger partial charge in [0.25, 0.3) is 5.56 Å². The number of hydrogen-bond donors (Lipinski definition) is 1. The highest BCUT2D eigenvalue weighted by Gasteiger charge is 2.14. The highest BCUT2D eigenvalue weighted by molar-refractivity contribution is 9.10. The summed E-state index contributed by atoms with van der Waals surface area (Å²) in [5.41, 5.74) is 0.0592. The molecule has 19 heavy (non-hydrogen) atoms. The first-order valence-electron chi connectivity index (χ1n) is 5.54. The van der Waals surface area contributed by atoms with Gasteiger partial charge in [-0.25, -0.2) is 9.36 Å². The Morgan fingerprint density at radius 3 is 2.63 bits per heavy atom. The van der Waals surface area contributed by atoms with E-state index in [1.165, 1.54) is 6.92 Å². The highest BCUT2D eigenvalue weighted by Crippen LogP contribution is 2.19. The predicted molar refractivity (Wildman–Crippen MR) is 75.1 cm³/mol. The van der Waals surface area contributed by atoms with Crippen molar-refractivity contribution in [3.63, 3.8) is 0 Å². The van der Waals surface area contributed by atoms with Crippen molar-refractivity contribution < 1.29 is 4.79 Å². The minimum atomic E-state index is -0.623. The maximum absolute atomic E-state index is 12.2. The summed E-state index contributed by atoms with van der Waals surface area (Å²) in [6.07, 6.45) is 1.15. The van der Waals surface area contributed by atoms with E-state index in [0.29, 0.717) is 10.2 Å². The Morgan fingerprint density at radius 2 is 2.00 bits per heavy atom. The molecule has 5 nitrogen and oxygen atoms in total. The first-order chi connectivity index (χ1) is 8.91. The largest absolute Gasteiger partial charge is 0.333 e. The third kappa shape index (κ3) is 2.44. The van der Waals surface area contributed by atoms with Crippen molar-refractivity contribution >= 4 is 21.7 Å². The van der Waals surface area contributed by atoms with Crippen LogP contribution in [0, 0.1) is 6.92 Å². The number of aryl methyl sites for hydroxylation is 1. The Morgan fingerprint density at radius 1 is 1.32 bits per heavy atom. The first kappa shape index (κ1) is 13.5. The predicted octanol–water partition coefficient (Wildman–Crippen LogP) is 1.80. The normalized spacial score (nSPS) is 10.5. The third-order valence-corrected chi connectivity index (χ3v) is 3.37. The average molecular weight is 323 g/mol. The van der Waals surface area contributed by atoms with Crippen molar-refractivity contribution in [3.05, 3.63) is 60.8 Å². The lowest BCUT2D eigenvalue weighted by atomic mass is 10.2. The maximum atomic E-state index is 12.2. The number of halogens is 1. The van der Waals surface area contributed by atoms with Gasteiger partial charge < -0.3 is 4.98 Å². The number of carbonyl (C=O) groups is 1. The Labute approximate surface area is 117 Å². The van der Waals surface area contributed by atoms with Crippen LogP contribution in [0.1, 0.15) is 22.8 Å². The molecule has 0 radical (unpaired) electrons. The Kier molecular flexibility index (Phi) is 3.53. The maximum Gasteiger partial charge on any atom is 0.333 e. The number of rotatable bonds is 2. The van der Waals surface area contributed by atoms with Crippen LogP contribution in [0.25, 0.3) is 5.69 Å². The summed E-state index contributed by atoms with van der Waals surface area (Å²) in [7, 11) is 0. The van der Waals surface area contributed by atoms with Crippen molar-refractivity contribution in [3.8, 4) is 5.69 Å². The number of hydrogen-bond acceptors (Lipinski definition) is 3. The molecule has 98 valence electrons. The van der Waals surface area contributed by atoms with E-state index >= 15 is 0 Å². The lowest BCUT2D eigenvalue weighted by Crippen LogP contribution is -2.36. The molecule has 1 aromatic heterocycles. The fraction of sp³-hybridized carbons (Fsp3) is 0.154. The van der Waals surface area contributed by atoms with Crippen LogP contribution < -0.4 is 11.2 Å². The van der Waals surface area contributed by atoms with Gasteiger partial charge in [0, 0.05) is 10.7 Å². The summed E-state index contributed by atoms with van der Waals surface area (Å²) in [5.74, 6) is -0.390. The minimum Gasteiger partial charge on any atom is -0.313 e. The number of benzene rings is 1. The van der Waals surface area contributed by atoms with Crippen LogP contribution >= 0.6 is 15.9 Å². The fourth-order valence-corrected chi connectivity index (χ4v) is 2.16. The van der Waals surface area contributed by atoms with E-state index < -0.39 is 17.0 Å². The second-order valence-electron chi connectivity index (χ2n) is 4.16. The van der Waals surface area contributed by atoms with Crippen molar-refractivity contribution in [1.29, 1.82) is 0 Å². The summed E-state index contributed by atoms with van der Waals surface area (Å²) in [5, 5.41) is 0. The zero-order valence-corrected chi connectivity index (χ0v) is 11.9. The molecule has 0 bridgehead atoms. The molecule has 0 unspecified atom stereocenters. The molecule has 0 spiro atoms. The Balaban J connectivity index is 2.86. The van der Waals surface area contributed by atoms with Gasteiger partial charge in [0.2, 0.25) is 0 Å². The van der Waals surface area contributed by atoms with E-state index in [9.17, 15) is 14.4 Å². The number of nitrogens with zero attached hydrogens (tertiary/aromatic N) is 1. The van der Waals surface area contributed by atoms with Gasteiger partial charge in [0.15, 0.2) is 5.78 Å². The van der Waals surface area contributed by atoms with Crippen molar-refractivity contribution in [2.75, 3.05) is 0 Å². The van der Waals surface area contributed by atoms with E-state index in [0.717, 1.165) is 16.3 Å². The molecular formula is C13H11BrN2O3. The zero-order chi connectivity index (χ0) is 14.2. The molecule has 1 heterocycles. The fourth-order valence-electron chi connectivity index (χ4n) is 1.74. The van der Waals surface area contributed by atoms with Crippen LogP contribution in [0.2, 0.25) is 0 Å². The molecule has 0 fully saturated rings. The average Bonchev–Trinajstić information content (AvgIpc) is 2.33. The van der Waals surface area contributed by atoms with Gasteiger partial charge in [0.1, 0.15) is 0 Å². The topological polar surface area (TPSA) is 71.9 Å². The van der Waals surface area contributed by atoms with Gasteiger partial charge in [-0.3, -0.25) is 9.59 Å². The van der Waals surface area contributed by atoms with E-state index in [1.807, 2.05) is 13.0 Å². The number of H-pyrrole nitrogens is 1. The summed E-state index contributed by atoms with van der Waals surface area (Å²) in [4.78, 5) is 37.8. The van der Waals surface area contributed by atoms with Crippen molar-refractivity contribution in [2.45, 2.75) is 13.8 Å². The van der Waals surface area contributed by atoms with Gasteiger partial charge in [-0.2, -0.15) is 0 Å². The summed E-state index contributed by atoms with van der Waals surface area (Å²) < 4.78 is 1.56. The standard InChI is InChI=1S/C13H11BrN2O3/c1-7-3-4-10(14)11(5-7)16-12(18)9(8(2)17)6-15-13(16)19/h3-6H,1-2H3,(H,15,19). The van der Waals surface area contributed by atoms with Gasteiger partial charge in [-0.05, 0) is 47.5 Å². The summed E-state index contributed by atoms with van der Waals surface area (Å²) in [6.45, 7) is 3.13. The Hall–Kier alpha value is -1.95. The van der Waals surface area contributed by atoms with Gasteiger partial charge in [0.05, 0.1) is 11.3 Å². The van der Waals surface area contributed by atoms with E-state index in [1.54, 1.807) is 12.1 Å². The van der Waals surface area contributed by atoms with Crippen LogP contribution in [0.15, 0.2) is 38.5 Å². The van der Waals surface area contributed by atoms with Crippen LogP contribution in [-0.4, -0.2) is 15.3 Å². The molecule has 0 saturated heterocycles. The molecule has 2 aromatic rings. The van der Waals surface area contributed by atoms with E-state index in [2.05, 4.69) is 20.9 Å². The van der Waals surface area contributed by atoms with Gasteiger partial charge in [-0.1, -0.05) is 6.07 Å². The first-order valence-corrected chi connectivity index (χ1v) is 6.33. The zero-order valence-electron chi connectivity index (χ0n) is 10.4. The molecule has 0 aliphatic rings. The number of ketones is 1. The molecule has 1 N–H and O–H groups in total. The van der Waals surface area contributed by atoms with Crippen LogP contribution in [0.4, 0.5) is 0 Å². The summed E-state index contributed by atoms with van der Waals surface area (Å²) >= 11 is 3.30. The van der Waals surface area contributed by atoms with Crippen molar-refractivity contribution in [2.24, 2.45) is 0 Å². The number of nitrogens with one attached hydrogen (secondary N) is 1. The number of Topliss-reactive ketones (excluding diaryl/α,β-unsaturated/α-hetero) is 1. The van der Waals surface area contributed by atoms with Crippen LogP contribution in [-0.2, 0) is 0 Å². The molecule has 0 aliphatic carbocycles. The van der Waals surface area contributed by atoms with E-state index in [4.69, 9.17) is 0 Å². The number of aromatic nitrogens is 2. The lowest BCUT2D eigenvalue weighted by molar-refractivity contribution is 0.101. The third-order valence-electron chi connectivity index (χ3n) is 2.70. The highest BCUT2D eigenvalue weighted by atomic mass is 79.9. The second kappa shape index (κ2) is 4.97. The monoisotopic (exact) mass is 322 g/mol. The molecule has 0 amide bonds. The molecule has 6 heteroatoms. The SMILES string of the molecule is CC(=O)c1c[nH]c(=O)n(-c2cc(C)ccc2Br)c1=O. The van der Waals surface area contributed by atoms with Crippen LogP contribution in [0.3, 0.4) is 0 Å². The van der Waals surface area contributed by atoms with Crippen LogP contribution in [0.5, 0.6) is 0 Å². The van der Waals surface area contributed by atoms with Gasteiger partial charge in [-0.15, -0.1) is 0 Å². The lowest BCUT2D eigenvalue weighted by Gasteiger charge is -2.08. The minimum absolute atomic E-state index is 0.0481. The molecular weight excluding hydrogens is 312 g/mol. The number of carbonyl (C=O) groups excluding carboxylic acids is 1. The summed E-state index contributed by atoms with van der Waals surface area (Å²) in [6, 6.07) is 5.29. The second-order valence-corrected chi connectivity index (χ2v) is 5.01.